The molecule has 0 aliphatic carbocycles. The van der Waals surface area contributed by atoms with Gasteiger partial charge >= 0.3 is 0 Å². The quantitative estimate of drug-likeness (QED) is 0.141. The average molecular weight is 819 g/mol. The van der Waals surface area contributed by atoms with Crippen LogP contribution in [0.5, 0.6) is 0 Å². The summed E-state index contributed by atoms with van der Waals surface area (Å²) in [6, 6.07) is 26.3. The van der Waals surface area contributed by atoms with Crippen molar-refractivity contribution in [1.29, 1.82) is 5.26 Å². The fourth-order valence-corrected chi connectivity index (χ4v) is 7.61. The molecule has 0 unspecified atom stereocenters. The van der Waals surface area contributed by atoms with Crippen LogP contribution in [0.2, 0.25) is 0 Å². The van der Waals surface area contributed by atoms with Crippen LogP contribution >= 0.6 is 15.9 Å². The van der Waals surface area contributed by atoms with E-state index in [2.05, 4.69) is 25.9 Å². The zero-order valence-corrected chi connectivity index (χ0v) is 30.3. The molecule has 2 aromatic heterocycles. The van der Waals surface area contributed by atoms with Gasteiger partial charge in [0.25, 0.3) is 0 Å². The molecule has 0 amide bonds. The number of pyridine rings is 2. The standard InChI is InChI=1S/C20H12F2N2O2S.C19H12BrF2NO2S/c21-16-6-4-15(20(22)11-16)5-7-17-8-9-19(13-24-17)27(25,26)18-3-1-2-14(10-18)12-23;20-14-2-1-3-17(10-14)26(24,25)18-9-8-16(23-12-18)7-5-13-4-6-15(21)11-19(13)22/h1-11,13H;1-12H/b2*7-5+. The minimum Gasteiger partial charge on any atom is -0.256 e. The average Bonchev–Trinajstić information content (AvgIpc) is 3.15. The van der Waals surface area contributed by atoms with Crippen molar-refractivity contribution in [2.75, 3.05) is 0 Å². The van der Waals surface area contributed by atoms with E-state index < -0.39 is 42.9 Å². The highest BCUT2D eigenvalue weighted by Crippen LogP contribution is 2.24. The maximum Gasteiger partial charge on any atom is 0.208 e. The molecule has 0 bridgehead atoms. The Morgan fingerprint density at radius 3 is 1.43 bits per heavy atom. The highest BCUT2D eigenvalue weighted by atomic mass is 79.9. The van der Waals surface area contributed by atoms with Crippen LogP contribution in [0.15, 0.2) is 146 Å². The van der Waals surface area contributed by atoms with Gasteiger partial charge in [0, 0.05) is 40.1 Å². The molecule has 0 spiro atoms. The maximum atomic E-state index is 13.6. The number of sulfone groups is 2. The molecule has 0 aliphatic rings. The topological polar surface area (TPSA) is 118 Å². The smallest absolute Gasteiger partial charge is 0.208 e. The molecule has 0 fully saturated rings. The fourth-order valence-electron chi connectivity index (χ4n) is 4.56. The van der Waals surface area contributed by atoms with Gasteiger partial charge in [-0.15, -0.1) is 0 Å². The molecule has 6 aromatic rings. The number of rotatable bonds is 8. The number of nitriles is 1. The lowest BCUT2D eigenvalue weighted by molar-refractivity contribution is 0.581. The lowest BCUT2D eigenvalue weighted by atomic mass is 10.2. The van der Waals surface area contributed by atoms with Gasteiger partial charge in [-0.3, -0.25) is 9.97 Å². The number of hydrogen-bond acceptors (Lipinski definition) is 7. The van der Waals surface area contributed by atoms with E-state index >= 15 is 0 Å². The monoisotopic (exact) mass is 817 g/mol. The summed E-state index contributed by atoms with van der Waals surface area (Å²) >= 11 is 3.25. The van der Waals surface area contributed by atoms with Crippen molar-refractivity contribution in [2.45, 2.75) is 19.6 Å². The van der Waals surface area contributed by atoms with Gasteiger partial charge in [0.15, 0.2) is 0 Å². The Balaban J connectivity index is 0.000000204. The molecular formula is C39H24BrF4N3O4S2. The Kier molecular flexibility index (Phi) is 12.1. The Morgan fingerprint density at radius 1 is 0.547 bits per heavy atom. The third-order valence-corrected chi connectivity index (χ3v) is 11.3. The summed E-state index contributed by atoms with van der Waals surface area (Å²) < 4.78 is 104. The summed E-state index contributed by atoms with van der Waals surface area (Å²) in [5.41, 5.74) is 1.48. The van der Waals surface area contributed by atoms with Gasteiger partial charge in [0.2, 0.25) is 19.7 Å². The van der Waals surface area contributed by atoms with Crippen LogP contribution < -0.4 is 0 Å². The Bertz CT molecular complexity index is 2610. The van der Waals surface area contributed by atoms with Crippen LogP contribution in [0.4, 0.5) is 17.6 Å². The third kappa shape index (κ3) is 9.78. The van der Waals surface area contributed by atoms with Crippen molar-refractivity contribution in [2.24, 2.45) is 0 Å². The zero-order chi connectivity index (χ0) is 38.2. The second-order valence-electron chi connectivity index (χ2n) is 10.9. The minimum absolute atomic E-state index is 0.0000235. The van der Waals surface area contributed by atoms with Gasteiger partial charge in [-0.1, -0.05) is 28.1 Å². The first kappa shape index (κ1) is 38.5. The van der Waals surface area contributed by atoms with Crippen LogP contribution in [0.25, 0.3) is 24.3 Å². The summed E-state index contributed by atoms with van der Waals surface area (Å²) in [5.74, 6) is -2.71. The largest absolute Gasteiger partial charge is 0.256 e. The second kappa shape index (κ2) is 16.7. The summed E-state index contributed by atoms with van der Waals surface area (Å²) in [4.78, 5) is 8.32. The van der Waals surface area contributed by atoms with Crippen molar-refractivity contribution in [3.05, 3.63) is 177 Å². The van der Waals surface area contributed by atoms with E-state index in [1.165, 1.54) is 109 Å². The first-order valence-electron chi connectivity index (χ1n) is 15.2. The number of hydrogen-bond donors (Lipinski definition) is 0. The Labute approximate surface area is 311 Å². The van der Waals surface area contributed by atoms with Crippen molar-refractivity contribution in [1.82, 2.24) is 9.97 Å². The summed E-state index contributed by atoms with van der Waals surface area (Å²) in [7, 11) is -7.48. The van der Waals surface area contributed by atoms with E-state index in [4.69, 9.17) is 5.26 Å². The number of halogens is 5. The van der Waals surface area contributed by atoms with Crippen molar-refractivity contribution >= 4 is 59.9 Å². The lowest BCUT2D eigenvalue weighted by Crippen LogP contribution is -2.03. The van der Waals surface area contributed by atoms with Gasteiger partial charge < -0.3 is 0 Å². The summed E-state index contributed by atoms with van der Waals surface area (Å²) in [6.45, 7) is 0. The second-order valence-corrected chi connectivity index (χ2v) is 15.8. The van der Waals surface area contributed by atoms with Gasteiger partial charge in [-0.05, 0) is 109 Å². The molecule has 266 valence electrons. The predicted molar refractivity (Wildman–Crippen MR) is 195 cm³/mol. The van der Waals surface area contributed by atoms with Crippen molar-refractivity contribution in [3.63, 3.8) is 0 Å². The lowest BCUT2D eigenvalue weighted by Gasteiger charge is -2.05. The summed E-state index contributed by atoms with van der Waals surface area (Å²) in [6.07, 6.45) is 8.31. The van der Waals surface area contributed by atoms with Gasteiger partial charge in [-0.25, -0.2) is 34.4 Å². The first-order valence-corrected chi connectivity index (χ1v) is 19.0. The molecule has 0 saturated carbocycles. The van der Waals surface area contributed by atoms with Crippen LogP contribution in [-0.4, -0.2) is 26.8 Å². The summed E-state index contributed by atoms with van der Waals surface area (Å²) in [5, 5.41) is 8.91. The molecular weight excluding hydrogens is 794 g/mol. The molecule has 0 atom stereocenters. The molecule has 4 aromatic carbocycles. The number of aromatic nitrogens is 2. The Hall–Kier alpha value is -5.75. The Morgan fingerprint density at radius 2 is 1.02 bits per heavy atom. The predicted octanol–water partition coefficient (Wildman–Crippen LogP) is 9.36. The van der Waals surface area contributed by atoms with E-state index in [1.807, 2.05) is 6.07 Å². The minimum atomic E-state index is -3.81. The van der Waals surface area contributed by atoms with Crippen LogP contribution in [0, 0.1) is 34.6 Å². The molecule has 6 rings (SSSR count). The van der Waals surface area contributed by atoms with Crippen LogP contribution in [0.1, 0.15) is 28.1 Å². The molecule has 7 nitrogen and oxygen atoms in total. The molecule has 0 aliphatic heterocycles. The van der Waals surface area contributed by atoms with Crippen molar-refractivity contribution in [3.8, 4) is 6.07 Å². The van der Waals surface area contributed by atoms with E-state index in [1.54, 1.807) is 12.1 Å². The zero-order valence-electron chi connectivity index (χ0n) is 27.0. The molecule has 0 saturated heterocycles. The first-order chi connectivity index (χ1) is 25.3. The highest BCUT2D eigenvalue weighted by molar-refractivity contribution is 9.10. The van der Waals surface area contributed by atoms with Crippen molar-refractivity contribution < 1.29 is 34.4 Å². The van der Waals surface area contributed by atoms with Crippen LogP contribution in [0.3, 0.4) is 0 Å². The third-order valence-electron chi connectivity index (χ3n) is 7.31. The number of nitrogens with zero attached hydrogens (tertiary/aromatic N) is 3. The normalized spacial score (nSPS) is 11.6. The van der Waals surface area contributed by atoms with E-state index in [9.17, 15) is 34.4 Å². The fraction of sp³-hybridized carbons (Fsp3) is 0. The van der Waals surface area contributed by atoms with E-state index in [0.29, 0.717) is 15.9 Å². The van der Waals surface area contributed by atoms with Gasteiger partial charge in [0.05, 0.1) is 42.6 Å². The molecule has 53 heavy (non-hydrogen) atoms. The van der Waals surface area contributed by atoms with Crippen LogP contribution in [-0.2, 0) is 19.7 Å². The van der Waals surface area contributed by atoms with Gasteiger partial charge in [-0.2, -0.15) is 5.26 Å². The SMILES string of the molecule is N#Cc1cccc(S(=O)(=O)c2ccc(/C=C/c3ccc(F)cc3F)nc2)c1.O=S(=O)(c1ccc(/C=C/c2ccc(F)cc2F)nc1)c1cccc(Br)c1. The van der Waals surface area contributed by atoms with E-state index in [-0.39, 0.29) is 36.3 Å². The maximum absolute atomic E-state index is 13.6. The highest BCUT2D eigenvalue weighted by Gasteiger charge is 2.19. The van der Waals surface area contributed by atoms with E-state index in [0.717, 1.165) is 24.3 Å². The molecule has 0 radical (unpaired) electrons. The molecule has 2 heterocycles. The molecule has 14 heteroatoms. The number of benzene rings is 4. The molecule has 0 N–H and O–H groups in total. The van der Waals surface area contributed by atoms with Gasteiger partial charge in [0.1, 0.15) is 23.3 Å².